The van der Waals surface area contributed by atoms with Gasteiger partial charge in [0.05, 0.1) is 17.7 Å². The molecule has 0 saturated carbocycles. The van der Waals surface area contributed by atoms with Crippen LogP contribution in [0.4, 0.5) is 0 Å². The van der Waals surface area contributed by atoms with E-state index in [1.807, 2.05) is 30.3 Å². The van der Waals surface area contributed by atoms with Crippen molar-refractivity contribution in [3.8, 4) is 0 Å². The van der Waals surface area contributed by atoms with E-state index in [1.54, 1.807) is 6.07 Å². The lowest BCUT2D eigenvalue weighted by Crippen LogP contribution is -2.49. The van der Waals surface area contributed by atoms with Crippen molar-refractivity contribution >= 4 is 5.91 Å². The summed E-state index contributed by atoms with van der Waals surface area (Å²) in [5.41, 5.74) is 2.47. The molecule has 1 aromatic carbocycles. The molecule has 1 saturated heterocycles. The minimum absolute atomic E-state index is 0.00575. The lowest BCUT2D eigenvalue weighted by Gasteiger charge is -2.36. The number of nitrogens with zero attached hydrogens (tertiary/aromatic N) is 2. The minimum Gasteiger partial charge on any atom is -0.381 e. The van der Waals surface area contributed by atoms with Gasteiger partial charge < -0.3 is 10.1 Å². The molecule has 1 N–H and O–H groups in total. The van der Waals surface area contributed by atoms with Gasteiger partial charge in [0.1, 0.15) is 0 Å². The van der Waals surface area contributed by atoms with Gasteiger partial charge in [-0.25, -0.2) is 4.68 Å². The summed E-state index contributed by atoms with van der Waals surface area (Å²) in [5.74, 6) is 0.00575. The first-order valence-electron chi connectivity index (χ1n) is 9.70. The molecular weight excluding hydrogens is 342 g/mol. The van der Waals surface area contributed by atoms with Crippen molar-refractivity contribution < 1.29 is 9.53 Å². The van der Waals surface area contributed by atoms with Crippen LogP contribution in [0.2, 0.25) is 0 Å². The second-order valence-electron chi connectivity index (χ2n) is 7.35. The zero-order valence-corrected chi connectivity index (χ0v) is 15.4. The number of hydrogen-bond acceptors (Lipinski definition) is 4. The third-order valence-electron chi connectivity index (χ3n) is 5.74. The number of aromatic nitrogens is 2. The third kappa shape index (κ3) is 3.54. The van der Waals surface area contributed by atoms with Crippen molar-refractivity contribution in [2.45, 2.75) is 44.1 Å². The van der Waals surface area contributed by atoms with Gasteiger partial charge in [-0.05, 0) is 43.2 Å². The molecular formula is C21H25N3O3. The molecule has 0 bridgehead atoms. The maximum Gasteiger partial charge on any atom is 0.267 e. The molecule has 0 spiro atoms. The number of fused-ring (bicyclic) bond motifs is 1. The maximum absolute atomic E-state index is 13.1. The molecule has 6 heteroatoms. The quantitative estimate of drug-likeness (QED) is 0.871. The molecule has 0 atom stereocenters. The highest BCUT2D eigenvalue weighted by Gasteiger charge is 2.41. The van der Waals surface area contributed by atoms with Crippen LogP contribution in [-0.2, 0) is 34.3 Å². The number of carbonyl (C=O) groups is 1. The molecule has 2 aromatic rings. The summed E-state index contributed by atoms with van der Waals surface area (Å²) in [5, 5.41) is 7.51. The average molecular weight is 367 g/mol. The number of hydrogen-bond donors (Lipinski definition) is 1. The molecule has 4 rings (SSSR count). The summed E-state index contributed by atoms with van der Waals surface area (Å²) in [6.45, 7) is 1.93. The van der Waals surface area contributed by atoms with E-state index in [-0.39, 0.29) is 11.5 Å². The summed E-state index contributed by atoms with van der Waals surface area (Å²) in [4.78, 5) is 25.3. The highest BCUT2D eigenvalue weighted by molar-refractivity contribution is 5.88. The number of amides is 1. The summed E-state index contributed by atoms with van der Waals surface area (Å²) in [6.07, 6.45) is 4.26. The van der Waals surface area contributed by atoms with Gasteiger partial charge in [0, 0.05) is 25.8 Å². The van der Waals surface area contributed by atoms with Gasteiger partial charge in [-0.1, -0.05) is 30.3 Å². The largest absolute Gasteiger partial charge is 0.381 e. The molecule has 1 fully saturated rings. The lowest BCUT2D eigenvalue weighted by atomic mass is 9.73. The van der Waals surface area contributed by atoms with Crippen molar-refractivity contribution in [2.75, 3.05) is 19.8 Å². The van der Waals surface area contributed by atoms with E-state index < -0.39 is 5.41 Å². The standard InChI is InChI=1S/C21H25N3O3/c25-19-15-16-5-4-8-18(16)23-24(19)12-11-22-20(26)21(9-13-27-14-10-21)17-6-2-1-3-7-17/h1-3,6-7,15H,4-5,8-14H2,(H,22,26). The summed E-state index contributed by atoms with van der Waals surface area (Å²) in [6, 6.07) is 11.6. The number of benzene rings is 1. The molecule has 1 amide bonds. The monoisotopic (exact) mass is 367 g/mol. The molecule has 1 aliphatic heterocycles. The molecule has 1 aromatic heterocycles. The van der Waals surface area contributed by atoms with Gasteiger partial charge in [-0.15, -0.1) is 0 Å². The van der Waals surface area contributed by atoms with Gasteiger partial charge in [-0.2, -0.15) is 5.10 Å². The Morgan fingerprint density at radius 3 is 2.74 bits per heavy atom. The Morgan fingerprint density at radius 1 is 1.19 bits per heavy atom. The van der Waals surface area contributed by atoms with Crippen molar-refractivity contribution in [3.63, 3.8) is 0 Å². The topological polar surface area (TPSA) is 73.2 Å². The Morgan fingerprint density at radius 2 is 1.96 bits per heavy atom. The van der Waals surface area contributed by atoms with Crippen LogP contribution in [0.5, 0.6) is 0 Å². The van der Waals surface area contributed by atoms with Crippen molar-refractivity contribution in [1.82, 2.24) is 15.1 Å². The van der Waals surface area contributed by atoms with Crippen LogP contribution in [-0.4, -0.2) is 35.4 Å². The smallest absolute Gasteiger partial charge is 0.267 e. The Labute approximate surface area is 158 Å². The molecule has 27 heavy (non-hydrogen) atoms. The zero-order valence-electron chi connectivity index (χ0n) is 15.4. The maximum atomic E-state index is 13.1. The van der Waals surface area contributed by atoms with Crippen LogP contribution < -0.4 is 10.9 Å². The van der Waals surface area contributed by atoms with E-state index in [0.717, 1.165) is 36.1 Å². The van der Waals surface area contributed by atoms with Gasteiger partial charge >= 0.3 is 0 Å². The van der Waals surface area contributed by atoms with Crippen LogP contribution in [0.25, 0.3) is 0 Å². The average Bonchev–Trinajstić information content (AvgIpc) is 3.16. The molecule has 0 radical (unpaired) electrons. The van der Waals surface area contributed by atoms with Crippen LogP contribution in [0, 0.1) is 0 Å². The number of carbonyl (C=O) groups excluding carboxylic acids is 1. The van der Waals surface area contributed by atoms with Crippen LogP contribution in [0.3, 0.4) is 0 Å². The fourth-order valence-electron chi connectivity index (χ4n) is 4.17. The molecule has 6 nitrogen and oxygen atoms in total. The van der Waals surface area contributed by atoms with E-state index in [4.69, 9.17) is 4.74 Å². The Hall–Kier alpha value is -2.47. The van der Waals surface area contributed by atoms with Crippen LogP contribution in [0.15, 0.2) is 41.2 Å². The second kappa shape index (κ2) is 7.64. The van der Waals surface area contributed by atoms with E-state index in [2.05, 4.69) is 10.4 Å². The number of nitrogens with one attached hydrogen (secondary N) is 1. The van der Waals surface area contributed by atoms with E-state index in [1.165, 1.54) is 4.68 Å². The minimum atomic E-state index is -0.560. The number of aryl methyl sites for hydroxylation is 2. The Bertz CT molecular complexity index is 870. The Balaban J connectivity index is 1.46. The third-order valence-corrected chi connectivity index (χ3v) is 5.74. The normalized spacial score (nSPS) is 18.1. The number of rotatable bonds is 5. The van der Waals surface area contributed by atoms with Gasteiger partial charge in [0.2, 0.25) is 5.91 Å². The molecule has 1 aliphatic carbocycles. The lowest BCUT2D eigenvalue weighted by molar-refractivity contribution is -0.130. The fraction of sp³-hybridized carbons (Fsp3) is 0.476. The highest BCUT2D eigenvalue weighted by atomic mass is 16.5. The summed E-state index contributed by atoms with van der Waals surface area (Å²) < 4.78 is 6.97. The van der Waals surface area contributed by atoms with Gasteiger partial charge in [0.25, 0.3) is 5.56 Å². The van der Waals surface area contributed by atoms with E-state index in [9.17, 15) is 9.59 Å². The van der Waals surface area contributed by atoms with E-state index >= 15 is 0 Å². The summed E-state index contributed by atoms with van der Waals surface area (Å²) in [7, 11) is 0. The fourth-order valence-corrected chi connectivity index (χ4v) is 4.17. The SMILES string of the molecule is O=C(NCCn1nc2c(cc1=O)CCC2)C1(c2ccccc2)CCOCC1. The summed E-state index contributed by atoms with van der Waals surface area (Å²) >= 11 is 0. The molecule has 142 valence electrons. The second-order valence-corrected chi connectivity index (χ2v) is 7.35. The van der Waals surface area contributed by atoms with Crippen LogP contribution >= 0.6 is 0 Å². The first-order valence-corrected chi connectivity index (χ1v) is 9.70. The molecule has 0 unspecified atom stereocenters. The first-order chi connectivity index (χ1) is 13.2. The molecule has 2 heterocycles. The van der Waals surface area contributed by atoms with E-state index in [0.29, 0.717) is 39.1 Å². The van der Waals surface area contributed by atoms with Crippen molar-refractivity contribution in [2.24, 2.45) is 0 Å². The Kier molecular flexibility index (Phi) is 5.07. The zero-order chi connectivity index (χ0) is 18.7. The number of ether oxygens (including phenoxy) is 1. The van der Waals surface area contributed by atoms with Gasteiger partial charge in [0.15, 0.2) is 0 Å². The first kappa shape index (κ1) is 17.9. The van der Waals surface area contributed by atoms with Gasteiger partial charge in [-0.3, -0.25) is 9.59 Å². The predicted molar refractivity (Wildman–Crippen MR) is 102 cm³/mol. The van der Waals surface area contributed by atoms with Crippen molar-refractivity contribution in [1.29, 1.82) is 0 Å². The highest BCUT2D eigenvalue weighted by Crippen LogP contribution is 2.35. The van der Waals surface area contributed by atoms with Crippen LogP contribution in [0.1, 0.15) is 36.1 Å². The molecule has 2 aliphatic rings. The predicted octanol–water partition coefficient (Wildman–Crippen LogP) is 1.60. The van der Waals surface area contributed by atoms with Crippen molar-refractivity contribution in [3.05, 3.63) is 63.6 Å².